The number of esters is 1. The quantitative estimate of drug-likeness (QED) is 0.626. The second-order valence-electron chi connectivity index (χ2n) is 6.93. The van der Waals surface area contributed by atoms with Crippen LogP contribution in [0.4, 0.5) is 0 Å². The van der Waals surface area contributed by atoms with Gasteiger partial charge in [0.15, 0.2) is 6.61 Å². The van der Waals surface area contributed by atoms with Gasteiger partial charge in [0.05, 0.1) is 5.69 Å². The van der Waals surface area contributed by atoms with Crippen LogP contribution in [0.15, 0.2) is 61.1 Å². The molecule has 1 aliphatic rings. The summed E-state index contributed by atoms with van der Waals surface area (Å²) >= 11 is 0. The van der Waals surface area contributed by atoms with Gasteiger partial charge >= 0.3 is 5.97 Å². The third-order valence-corrected chi connectivity index (χ3v) is 4.93. The molecule has 4 rings (SSSR count). The summed E-state index contributed by atoms with van der Waals surface area (Å²) < 4.78 is 6.98. The highest BCUT2D eigenvalue weighted by atomic mass is 16.5. The summed E-state index contributed by atoms with van der Waals surface area (Å²) in [7, 11) is 0. The van der Waals surface area contributed by atoms with Gasteiger partial charge in [-0.1, -0.05) is 18.2 Å². The molecule has 148 valence electrons. The van der Waals surface area contributed by atoms with Gasteiger partial charge in [-0.05, 0) is 43.5 Å². The number of pyridine rings is 1. The van der Waals surface area contributed by atoms with Crippen molar-refractivity contribution < 1.29 is 14.3 Å². The Morgan fingerprint density at radius 1 is 1.00 bits per heavy atom. The van der Waals surface area contributed by atoms with Crippen LogP contribution in [0.25, 0.3) is 16.9 Å². The first-order chi connectivity index (χ1) is 14.2. The van der Waals surface area contributed by atoms with Gasteiger partial charge in [0.25, 0.3) is 5.91 Å². The Labute approximate surface area is 168 Å². The van der Waals surface area contributed by atoms with Gasteiger partial charge in [-0.2, -0.15) is 5.10 Å². The highest BCUT2D eigenvalue weighted by Gasteiger charge is 2.23. The fourth-order valence-electron chi connectivity index (χ4n) is 3.39. The van der Waals surface area contributed by atoms with Crippen LogP contribution in [0.1, 0.15) is 29.6 Å². The van der Waals surface area contributed by atoms with Crippen LogP contribution in [0.5, 0.6) is 0 Å². The van der Waals surface area contributed by atoms with E-state index in [1.54, 1.807) is 34.2 Å². The van der Waals surface area contributed by atoms with E-state index < -0.39 is 5.97 Å². The number of nitrogens with zero attached hydrogens (tertiary/aromatic N) is 4. The molecular formula is C22H22N4O3. The monoisotopic (exact) mass is 390 g/mol. The number of likely N-dealkylation sites (tertiary alicyclic amines) is 1. The second kappa shape index (κ2) is 8.68. The lowest BCUT2D eigenvalue weighted by atomic mass is 10.1. The number of para-hydroxylation sites is 1. The third kappa shape index (κ3) is 4.34. The number of ether oxygens (including phenoxy) is 1. The smallest absolute Gasteiger partial charge is 0.342 e. The van der Waals surface area contributed by atoms with Crippen LogP contribution in [0.3, 0.4) is 0 Å². The molecule has 0 atom stereocenters. The molecule has 29 heavy (non-hydrogen) atoms. The molecule has 1 aliphatic heterocycles. The van der Waals surface area contributed by atoms with Crippen LogP contribution < -0.4 is 0 Å². The molecule has 0 aliphatic carbocycles. The lowest BCUT2D eigenvalue weighted by molar-refractivity contribution is -0.135. The van der Waals surface area contributed by atoms with E-state index in [1.807, 2.05) is 36.4 Å². The van der Waals surface area contributed by atoms with Crippen molar-refractivity contribution in [2.45, 2.75) is 19.3 Å². The predicted molar refractivity (Wildman–Crippen MR) is 108 cm³/mol. The standard InChI is InChI=1S/C22H22N4O3/c27-20(25-12-5-2-6-13-25)16-29-22(28)19-15-26(18-9-3-1-4-10-18)24-21(19)17-8-7-11-23-14-17/h1,3-4,7-11,14-15H,2,5-6,12-13,16H2. The zero-order valence-corrected chi connectivity index (χ0v) is 16.0. The fourth-order valence-corrected chi connectivity index (χ4v) is 3.39. The van der Waals surface area contributed by atoms with Gasteiger partial charge in [0.2, 0.25) is 0 Å². The number of benzene rings is 1. The highest BCUT2D eigenvalue weighted by Crippen LogP contribution is 2.24. The van der Waals surface area contributed by atoms with Crippen LogP contribution in [0.2, 0.25) is 0 Å². The minimum Gasteiger partial charge on any atom is -0.452 e. The van der Waals surface area contributed by atoms with Crippen molar-refractivity contribution in [3.8, 4) is 16.9 Å². The molecule has 7 nitrogen and oxygen atoms in total. The largest absolute Gasteiger partial charge is 0.452 e. The lowest BCUT2D eigenvalue weighted by Gasteiger charge is -2.26. The van der Waals surface area contributed by atoms with E-state index >= 15 is 0 Å². The Morgan fingerprint density at radius 3 is 2.52 bits per heavy atom. The highest BCUT2D eigenvalue weighted by molar-refractivity contribution is 5.97. The molecule has 0 N–H and O–H groups in total. The van der Waals surface area contributed by atoms with Crippen LogP contribution in [0, 0.1) is 0 Å². The van der Waals surface area contributed by atoms with E-state index in [0.29, 0.717) is 16.8 Å². The molecule has 0 radical (unpaired) electrons. The van der Waals surface area contributed by atoms with Gasteiger partial charge in [0.1, 0.15) is 11.3 Å². The van der Waals surface area contributed by atoms with Crippen molar-refractivity contribution >= 4 is 11.9 Å². The molecule has 1 fully saturated rings. The zero-order valence-electron chi connectivity index (χ0n) is 16.0. The minimum atomic E-state index is -0.573. The molecule has 0 spiro atoms. The lowest BCUT2D eigenvalue weighted by Crippen LogP contribution is -2.38. The van der Waals surface area contributed by atoms with Gasteiger partial charge < -0.3 is 9.64 Å². The predicted octanol–water partition coefficient (Wildman–Crippen LogP) is 3.10. The third-order valence-electron chi connectivity index (χ3n) is 4.93. The first kappa shape index (κ1) is 18.9. The molecule has 3 aromatic rings. The number of hydrogen-bond donors (Lipinski definition) is 0. The van der Waals surface area contributed by atoms with Crippen molar-refractivity contribution in [1.29, 1.82) is 0 Å². The van der Waals surface area contributed by atoms with E-state index in [0.717, 1.165) is 38.0 Å². The van der Waals surface area contributed by atoms with E-state index in [4.69, 9.17) is 4.74 Å². The summed E-state index contributed by atoms with van der Waals surface area (Å²) in [5, 5.41) is 4.57. The van der Waals surface area contributed by atoms with Crippen LogP contribution in [-0.2, 0) is 9.53 Å². The Hall–Kier alpha value is -3.48. The van der Waals surface area contributed by atoms with E-state index in [1.165, 1.54) is 0 Å². The summed E-state index contributed by atoms with van der Waals surface area (Å²) in [5.41, 5.74) is 2.29. The molecule has 1 amide bonds. The summed E-state index contributed by atoms with van der Waals surface area (Å²) in [4.78, 5) is 31.0. The molecule has 1 saturated heterocycles. The average molecular weight is 390 g/mol. The maximum absolute atomic E-state index is 12.8. The molecule has 0 unspecified atom stereocenters. The molecule has 3 heterocycles. The number of aromatic nitrogens is 3. The zero-order chi connectivity index (χ0) is 20.1. The first-order valence-corrected chi connectivity index (χ1v) is 9.73. The van der Waals surface area contributed by atoms with Gasteiger partial charge in [-0.15, -0.1) is 0 Å². The first-order valence-electron chi connectivity index (χ1n) is 9.73. The summed E-state index contributed by atoms with van der Waals surface area (Å²) in [6.07, 6.45) is 8.06. The number of carbonyl (C=O) groups is 2. The Balaban J connectivity index is 1.57. The van der Waals surface area contributed by atoms with E-state index in [2.05, 4.69) is 10.1 Å². The van der Waals surface area contributed by atoms with Gasteiger partial charge in [-0.25, -0.2) is 9.48 Å². The topological polar surface area (TPSA) is 77.3 Å². The van der Waals surface area contributed by atoms with E-state index in [-0.39, 0.29) is 12.5 Å². The van der Waals surface area contributed by atoms with Crippen molar-refractivity contribution in [2.75, 3.05) is 19.7 Å². The van der Waals surface area contributed by atoms with Gasteiger partial charge in [-0.3, -0.25) is 9.78 Å². The number of amides is 1. The number of hydrogen-bond acceptors (Lipinski definition) is 5. The summed E-state index contributed by atoms with van der Waals surface area (Å²) in [6, 6.07) is 13.1. The Bertz CT molecular complexity index is 980. The fraction of sp³-hybridized carbons (Fsp3) is 0.273. The minimum absolute atomic E-state index is 0.156. The number of rotatable bonds is 5. The van der Waals surface area contributed by atoms with E-state index in [9.17, 15) is 9.59 Å². The van der Waals surface area contributed by atoms with Crippen molar-refractivity contribution in [3.63, 3.8) is 0 Å². The van der Waals surface area contributed by atoms with Crippen molar-refractivity contribution in [3.05, 3.63) is 66.6 Å². The molecule has 1 aromatic carbocycles. The molecule has 0 bridgehead atoms. The van der Waals surface area contributed by atoms with Crippen LogP contribution >= 0.6 is 0 Å². The maximum atomic E-state index is 12.8. The molecule has 7 heteroatoms. The maximum Gasteiger partial charge on any atom is 0.342 e. The molecule has 2 aromatic heterocycles. The van der Waals surface area contributed by atoms with Crippen molar-refractivity contribution in [1.82, 2.24) is 19.7 Å². The van der Waals surface area contributed by atoms with Crippen LogP contribution in [-0.4, -0.2) is 51.2 Å². The Kier molecular flexibility index (Phi) is 5.65. The SMILES string of the molecule is O=C(OCC(=O)N1CCCCC1)c1cn(-c2ccccc2)nc1-c1cccnc1. The molecular weight excluding hydrogens is 368 g/mol. The van der Waals surface area contributed by atoms with Crippen molar-refractivity contribution in [2.24, 2.45) is 0 Å². The summed E-state index contributed by atoms with van der Waals surface area (Å²) in [5.74, 6) is -0.729. The average Bonchev–Trinajstić information content (AvgIpc) is 3.25. The summed E-state index contributed by atoms with van der Waals surface area (Å²) in [6.45, 7) is 1.19. The number of carbonyl (C=O) groups excluding carboxylic acids is 2. The number of piperidine rings is 1. The van der Waals surface area contributed by atoms with Gasteiger partial charge in [0, 0.05) is 37.2 Å². The Morgan fingerprint density at radius 2 is 1.79 bits per heavy atom. The molecule has 0 saturated carbocycles. The second-order valence-corrected chi connectivity index (χ2v) is 6.93. The normalized spacial score (nSPS) is 13.9.